The van der Waals surface area contributed by atoms with Gasteiger partial charge in [0.05, 0.1) is 33.0 Å². The van der Waals surface area contributed by atoms with Gasteiger partial charge in [-0.25, -0.2) is 9.59 Å². The van der Waals surface area contributed by atoms with Gasteiger partial charge in [0.15, 0.2) is 0 Å². The largest absolute Gasteiger partial charge is 0.478 e. The van der Waals surface area contributed by atoms with E-state index in [9.17, 15) is 9.59 Å². The van der Waals surface area contributed by atoms with Gasteiger partial charge in [0.25, 0.3) is 0 Å². The van der Waals surface area contributed by atoms with Crippen LogP contribution >= 0.6 is 0 Å². The number of rotatable bonds is 9. The lowest BCUT2D eigenvalue weighted by Gasteiger charge is -2.01. The number of quaternary nitrogens is 1. The molecular formula is C10H21N2O6+. The van der Waals surface area contributed by atoms with Crippen LogP contribution in [0.2, 0.25) is 0 Å². The second-order valence-corrected chi connectivity index (χ2v) is 2.88. The van der Waals surface area contributed by atoms with Crippen molar-refractivity contribution < 1.29 is 35.0 Å². The van der Waals surface area contributed by atoms with Gasteiger partial charge in [-0.1, -0.05) is 0 Å². The molecule has 8 nitrogen and oxygen atoms in total. The van der Waals surface area contributed by atoms with Crippen molar-refractivity contribution in [3.8, 4) is 0 Å². The van der Waals surface area contributed by atoms with Crippen LogP contribution in [-0.4, -0.2) is 61.7 Å². The number of aliphatic carboxylic acids is 2. The summed E-state index contributed by atoms with van der Waals surface area (Å²) >= 11 is 0. The Morgan fingerprint density at radius 3 is 1.78 bits per heavy atom. The van der Waals surface area contributed by atoms with Gasteiger partial charge in [0, 0.05) is 18.7 Å². The van der Waals surface area contributed by atoms with Gasteiger partial charge in [-0.2, -0.15) is 0 Å². The van der Waals surface area contributed by atoms with E-state index in [4.69, 9.17) is 25.4 Å². The molecule has 106 valence electrons. The minimum absolute atomic E-state index is 0.558. The lowest BCUT2D eigenvalue weighted by atomic mass is 10.5. The topological polar surface area (TPSA) is 147 Å². The first kappa shape index (κ1) is 18.9. The lowest BCUT2D eigenvalue weighted by Crippen LogP contribution is -2.52. The normalized spacial score (nSPS) is 9.89. The minimum Gasteiger partial charge on any atom is -0.478 e. The average Bonchev–Trinajstić information content (AvgIpc) is 2.32. The van der Waals surface area contributed by atoms with Crippen LogP contribution in [0.4, 0.5) is 0 Å². The zero-order valence-electron chi connectivity index (χ0n) is 10.2. The van der Waals surface area contributed by atoms with Crippen LogP contribution in [0.3, 0.4) is 0 Å². The molecule has 18 heavy (non-hydrogen) atoms. The SMILES string of the molecule is NCCOCCOCC[NH3+].O=C(O)/C=C\C(=O)O. The van der Waals surface area contributed by atoms with Crippen LogP contribution in [0.5, 0.6) is 0 Å². The molecule has 0 unspecified atom stereocenters. The maximum Gasteiger partial charge on any atom is 0.328 e. The van der Waals surface area contributed by atoms with Gasteiger partial charge < -0.3 is 31.2 Å². The summed E-state index contributed by atoms with van der Waals surface area (Å²) in [4.78, 5) is 19.1. The predicted molar refractivity (Wildman–Crippen MR) is 62.9 cm³/mol. The molecule has 0 amide bonds. The molecule has 0 fully saturated rings. The number of carboxylic acid groups (broad SMARTS) is 2. The van der Waals surface area contributed by atoms with E-state index in [1.165, 1.54) is 0 Å². The van der Waals surface area contributed by atoms with Crippen molar-refractivity contribution in [3.63, 3.8) is 0 Å². The monoisotopic (exact) mass is 265 g/mol. The van der Waals surface area contributed by atoms with Gasteiger partial charge in [-0.15, -0.1) is 0 Å². The molecule has 0 aromatic heterocycles. The molecule has 8 heteroatoms. The van der Waals surface area contributed by atoms with E-state index in [0.717, 1.165) is 6.54 Å². The summed E-state index contributed by atoms with van der Waals surface area (Å²) in [5.74, 6) is -2.51. The third-order valence-electron chi connectivity index (χ3n) is 1.29. The van der Waals surface area contributed by atoms with Crippen LogP contribution in [0.1, 0.15) is 0 Å². The van der Waals surface area contributed by atoms with Gasteiger partial charge >= 0.3 is 11.9 Å². The van der Waals surface area contributed by atoms with Crippen molar-refractivity contribution >= 4 is 11.9 Å². The molecule has 0 aliphatic carbocycles. The van der Waals surface area contributed by atoms with E-state index in [2.05, 4.69) is 5.73 Å². The van der Waals surface area contributed by atoms with Crippen LogP contribution in [0.25, 0.3) is 0 Å². The number of hydrogen-bond donors (Lipinski definition) is 4. The van der Waals surface area contributed by atoms with Crippen molar-refractivity contribution in [2.24, 2.45) is 5.73 Å². The van der Waals surface area contributed by atoms with E-state index in [1.54, 1.807) is 0 Å². The Morgan fingerprint density at radius 2 is 1.44 bits per heavy atom. The summed E-state index contributed by atoms with van der Waals surface area (Å²) in [5, 5.41) is 15.6. The molecule has 0 radical (unpaired) electrons. The minimum atomic E-state index is -1.26. The van der Waals surface area contributed by atoms with E-state index in [1.807, 2.05) is 0 Å². The van der Waals surface area contributed by atoms with E-state index < -0.39 is 11.9 Å². The zero-order chi connectivity index (χ0) is 14.2. The maximum atomic E-state index is 9.55. The van der Waals surface area contributed by atoms with Crippen molar-refractivity contribution in [3.05, 3.63) is 12.2 Å². The summed E-state index contributed by atoms with van der Waals surface area (Å²) < 4.78 is 10.2. The molecule has 0 aliphatic heterocycles. The predicted octanol–water partition coefficient (Wildman–Crippen LogP) is -2.07. The van der Waals surface area contributed by atoms with Crippen molar-refractivity contribution in [2.75, 3.05) is 39.5 Å². The fourth-order valence-corrected chi connectivity index (χ4v) is 0.650. The smallest absolute Gasteiger partial charge is 0.328 e. The highest BCUT2D eigenvalue weighted by atomic mass is 16.5. The zero-order valence-corrected chi connectivity index (χ0v) is 10.2. The third kappa shape index (κ3) is 24.0. The second-order valence-electron chi connectivity index (χ2n) is 2.88. The lowest BCUT2D eigenvalue weighted by molar-refractivity contribution is -0.374. The van der Waals surface area contributed by atoms with Crippen LogP contribution < -0.4 is 11.5 Å². The Bertz CT molecular complexity index is 221. The molecule has 0 rings (SSSR count). The molecule has 0 saturated heterocycles. The first-order valence-corrected chi connectivity index (χ1v) is 5.33. The first-order valence-electron chi connectivity index (χ1n) is 5.33. The Morgan fingerprint density at radius 1 is 1.00 bits per heavy atom. The van der Waals surface area contributed by atoms with Gasteiger partial charge in [-0.3, -0.25) is 0 Å². The van der Waals surface area contributed by atoms with Gasteiger partial charge in [0.2, 0.25) is 0 Å². The summed E-state index contributed by atoms with van der Waals surface area (Å²) in [5.41, 5.74) is 8.83. The van der Waals surface area contributed by atoms with Crippen LogP contribution in [0, 0.1) is 0 Å². The summed E-state index contributed by atoms with van der Waals surface area (Å²) in [6.07, 6.45) is 1.12. The molecule has 0 aromatic carbocycles. The summed E-state index contributed by atoms with van der Waals surface area (Å²) in [7, 11) is 0. The fraction of sp³-hybridized carbons (Fsp3) is 0.600. The average molecular weight is 265 g/mol. The molecule has 0 saturated carbocycles. The Hall–Kier alpha value is -1.48. The molecule has 0 spiro atoms. The number of carbonyl (C=O) groups is 2. The van der Waals surface area contributed by atoms with Crippen molar-refractivity contribution in [2.45, 2.75) is 0 Å². The Labute approximate surface area is 105 Å². The molecule has 0 aliphatic rings. The Balaban J connectivity index is 0. The van der Waals surface area contributed by atoms with Crippen molar-refractivity contribution in [1.29, 1.82) is 0 Å². The number of ether oxygens (including phenoxy) is 2. The standard InChI is InChI=1S/C6H16N2O2.C4H4O4/c7-1-3-9-5-6-10-4-2-8;5-3(6)1-2-4(7)8/h1-8H2;1-2H,(H,5,6)(H,7,8)/p+1/b;2-1-. The van der Waals surface area contributed by atoms with Crippen molar-refractivity contribution in [1.82, 2.24) is 0 Å². The quantitative estimate of drug-likeness (QED) is 0.276. The van der Waals surface area contributed by atoms with Crippen LogP contribution in [0.15, 0.2) is 12.2 Å². The van der Waals surface area contributed by atoms with Gasteiger partial charge in [-0.05, 0) is 0 Å². The molecule has 0 atom stereocenters. The molecule has 0 heterocycles. The van der Waals surface area contributed by atoms with E-state index in [0.29, 0.717) is 45.1 Å². The molecule has 0 bridgehead atoms. The first-order chi connectivity index (χ1) is 8.54. The summed E-state index contributed by atoms with van der Waals surface area (Å²) in [6.45, 7) is 4.01. The highest BCUT2D eigenvalue weighted by molar-refractivity contribution is 5.89. The number of hydrogen-bond acceptors (Lipinski definition) is 5. The second kappa shape index (κ2) is 15.5. The Kier molecular flexibility index (Phi) is 16.3. The molecule has 0 aromatic rings. The summed E-state index contributed by atoms with van der Waals surface area (Å²) in [6, 6.07) is 0. The fourth-order valence-electron chi connectivity index (χ4n) is 0.650. The number of nitrogens with two attached hydrogens (primary N) is 1. The van der Waals surface area contributed by atoms with E-state index >= 15 is 0 Å². The van der Waals surface area contributed by atoms with Gasteiger partial charge in [0.1, 0.15) is 0 Å². The van der Waals surface area contributed by atoms with E-state index in [-0.39, 0.29) is 0 Å². The number of carboxylic acids is 2. The molecule has 7 N–H and O–H groups in total. The molecular weight excluding hydrogens is 244 g/mol. The highest BCUT2D eigenvalue weighted by Gasteiger charge is 1.88. The van der Waals surface area contributed by atoms with Crippen LogP contribution in [-0.2, 0) is 19.1 Å². The maximum absolute atomic E-state index is 9.55. The highest BCUT2D eigenvalue weighted by Crippen LogP contribution is 1.75. The third-order valence-corrected chi connectivity index (χ3v) is 1.29.